The molecule has 4 rings (SSSR count). The van der Waals surface area contributed by atoms with Crippen molar-refractivity contribution in [1.29, 1.82) is 0 Å². The number of amides is 1. The van der Waals surface area contributed by atoms with Crippen molar-refractivity contribution in [2.45, 2.75) is 31.8 Å². The van der Waals surface area contributed by atoms with Crippen LogP contribution in [0.4, 0.5) is 20.6 Å². The molecule has 2 aliphatic rings. The quantitative estimate of drug-likeness (QED) is 0.627. The van der Waals surface area contributed by atoms with Crippen LogP contribution in [0.2, 0.25) is 5.02 Å². The smallest absolute Gasteiger partial charge is 0.414 e. The minimum atomic E-state index is -0.419. The van der Waals surface area contributed by atoms with Crippen molar-refractivity contribution in [2.75, 3.05) is 42.6 Å². The van der Waals surface area contributed by atoms with Gasteiger partial charge in [-0.15, -0.1) is 0 Å². The Morgan fingerprint density at radius 1 is 1.17 bits per heavy atom. The Balaban J connectivity index is 1.36. The fourth-order valence-corrected chi connectivity index (χ4v) is 4.13. The van der Waals surface area contributed by atoms with E-state index in [-0.39, 0.29) is 11.9 Å². The number of benzene rings is 2. The zero-order valence-electron chi connectivity index (χ0n) is 17.0. The van der Waals surface area contributed by atoms with Crippen LogP contribution < -0.4 is 9.80 Å². The van der Waals surface area contributed by atoms with Gasteiger partial charge >= 0.3 is 6.09 Å². The van der Waals surface area contributed by atoms with E-state index in [1.807, 2.05) is 29.2 Å². The maximum atomic E-state index is 14.7. The van der Waals surface area contributed by atoms with Crippen LogP contribution >= 0.6 is 11.6 Å². The molecule has 2 aromatic carbocycles. The molecule has 0 bridgehead atoms. The lowest BCUT2D eigenvalue weighted by atomic mass is 9.95. The summed E-state index contributed by atoms with van der Waals surface area (Å²) < 4.78 is 25.6. The molecule has 2 aliphatic heterocycles. The molecule has 0 aromatic heterocycles. The van der Waals surface area contributed by atoms with E-state index in [0.717, 1.165) is 17.9 Å². The van der Waals surface area contributed by atoms with Crippen molar-refractivity contribution in [3.63, 3.8) is 0 Å². The first kappa shape index (κ1) is 20.9. The molecule has 2 atom stereocenters. The Labute approximate surface area is 181 Å². The molecule has 2 aromatic rings. The lowest BCUT2D eigenvalue weighted by Gasteiger charge is -2.29. The molecular weight excluding hydrogens is 407 g/mol. The molecule has 2 fully saturated rings. The summed E-state index contributed by atoms with van der Waals surface area (Å²) in [6.07, 6.45) is 1.02. The highest BCUT2D eigenvalue weighted by Crippen LogP contribution is 2.30. The molecule has 0 saturated carbocycles. The van der Waals surface area contributed by atoms with Gasteiger partial charge in [-0.3, -0.25) is 4.90 Å². The van der Waals surface area contributed by atoms with Gasteiger partial charge in [-0.1, -0.05) is 30.7 Å². The zero-order valence-corrected chi connectivity index (χ0v) is 17.8. The van der Waals surface area contributed by atoms with E-state index in [0.29, 0.717) is 50.1 Å². The second kappa shape index (κ2) is 9.23. The summed E-state index contributed by atoms with van der Waals surface area (Å²) >= 11 is 5.95. The maximum Gasteiger partial charge on any atom is 0.414 e. The summed E-state index contributed by atoms with van der Waals surface area (Å²) in [4.78, 5) is 15.9. The minimum Gasteiger partial charge on any atom is -0.444 e. The molecule has 160 valence electrons. The van der Waals surface area contributed by atoms with Crippen molar-refractivity contribution < 1.29 is 18.7 Å². The van der Waals surface area contributed by atoms with Crippen LogP contribution in [0.1, 0.15) is 31.2 Å². The Kier molecular flexibility index (Phi) is 6.44. The van der Waals surface area contributed by atoms with Crippen molar-refractivity contribution in [3.05, 3.63) is 58.9 Å². The van der Waals surface area contributed by atoms with Crippen molar-refractivity contribution in [1.82, 2.24) is 0 Å². The van der Waals surface area contributed by atoms with Crippen LogP contribution in [-0.2, 0) is 9.47 Å². The predicted octanol–water partition coefficient (Wildman–Crippen LogP) is 5.22. The predicted molar refractivity (Wildman–Crippen MR) is 116 cm³/mol. The Hall–Kier alpha value is -2.31. The van der Waals surface area contributed by atoms with Crippen LogP contribution in [0, 0.1) is 5.82 Å². The van der Waals surface area contributed by atoms with Gasteiger partial charge in [0.15, 0.2) is 0 Å². The summed E-state index contributed by atoms with van der Waals surface area (Å²) in [5.74, 6) is 0.00211. The summed E-state index contributed by atoms with van der Waals surface area (Å²) in [7, 11) is 0. The van der Waals surface area contributed by atoms with Gasteiger partial charge in [-0.2, -0.15) is 0 Å². The van der Waals surface area contributed by atoms with Gasteiger partial charge in [0, 0.05) is 18.1 Å². The number of morpholine rings is 1. The topological polar surface area (TPSA) is 42.0 Å². The first-order valence-corrected chi connectivity index (χ1v) is 10.7. The second-order valence-electron chi connectivity index (χ2n) is 7.88. The van der Waals surface area contributed by atoms with Crippen LogP contribution in [0.3, 0.4) is 0 Å². The van der Waals surface area contributed by atoms with Crippen molar-refractivity contribution in [3.8, 4) is 0 Å². The lowest BCUT2D eigenvalue weighted by molar-refractivity contribution is 0.122. The third kappa shape index (κ3) is 4.71. The third-order valence-corrected chi connectivity index (χ3v) is 6.08. The number of nitrogens with zero attached hydrogens (tertiary/aromatic N) is 2. The summed E-state index contributed by atoms with van der Waals surface area (Å²) in [5, 5.41) is 0.721. The average Bonchev–Trinajstić information content (AvgIpc) is 3.13. The van der Waals surface area contributed by atoms with E-state index in [1.165, 1.54) is 16.5 Å². The SMILES string of the molecule is C[C@H](CC[C@H]1CN(c2ccc(N3CCOCC3)c(F)c2)C(=O)O1)c1ccc(Cl)cc1. The number of rotatable bonds is 6. The fourth-order valence-electron chi connectivity index (χ4n) is 4.00. The van der Waals surface area contributed by atoms with Gasteiger partial charge in [0.2, 0.25) is 0 Å². The van der Waals surface area contributed by atoms with Gasteiger partial charge in [-0.25, -0.2) is 9.18 Å². The zero-order chi connectivity index (χ0) is 21.1. The second-order valence-corrected chi connectivity index (χ2v) is 8.32. The molecule has 0 aliphatic carbocycles. The molecule has 2 heterocycles. The molecule has 1 amide bonds. The normalized spacial score (nSPS) is 20.4. The Morgan fingerprint density at radius 3 is 2.60 bits per heavy atom. The van der Waals surface area contributed by atoms with Gasteiger partial charge in [0.25, 0.3) is 0 Å². The highest BCUT2D eigenvalue weighted by atomic mass is 35.5. The van der Waals surface area contributed by atoms with Crippen molar-refractivity contribution in [2.24, 2.45) is 0 Å². The van der Waals surface area contributed by atoms with Crippen LogP contribution in [0.25, 0.3) is 0 Å². The van der Waals surface area contributed by atoms with Crippen LogP contribution in [0.5, 0.6) is 0 Å². The number of anilines is 2. The molecule has 2 saturated heterocycles. The van der Waals surface area contributed by atoms with E-state index in [1.54, 1.807) is 12.1 Å². The van der Waals surface area contributed by atoms with E-state index in [2.05, 4.69) is 6.92 Å². The van der Waals surface area contributed by atoms with Gasteiger partial charge in [0.1, 0.15) is 11.9 Å². The fraction of sp³-hybridized carbons (Fsp3) is 0.435. The molecule has 0 spiro atoms. The monoisotopic (exact) mass is 432 g/mol. The summed E-state index contributed by atoms with van der Waals surface area (Å²) in [6, 6.07) is 12.8. The Bertz CT molecular complexity index is 887. The Morgan fingerprint density at radius 2 is 1.90 bits per heavy atom. The van der Waals surface area contributed by atoms with Crippen LogP contribution in [0.15, 0.2) is 42.5 Å². The maximum absolute atomic E-state index is 14.7. The number of ether oxygens (including phenoxy) is 2. The van der Waals surface area contributed by atoms with E-state index >= 15 is 0 Å². The highest BCUT2D eigenvalue weighted by Gasteiger charge is 2.33. The number of halogens is 2. The molecule has 0 unspecified atom stereocenters. The van der Waals surface area contributed by atoms with E-state index < -0.39 is 6.09 Å². The van der Waals surface area contributed by atoms with Gasteiger partial charge in [-0.05, 0) is 54.7 Å². The van der Waals surface area contributed by atoms with Crippen LogP contribution in [-0.4, -0.2) is 45.0 Å². The van der Waals surface area contributed by atoms with Gasteiger partial charge in [0.05, 0.1) is 31.1 Å². The number of carbonyl (C=O) groups is 1. The largest absolute Gasteiger partial charge is 0.444 e. The van der Waals surface area contributed by atoms with E-state index in [9.17, 15) is 9.18 Å². The first-order valence-electron chi connectivity index (χ1n) is 10.4. The molecule has 5 nitrogen and oxygen atoms in total. The minimum absolute atomic E-state index is 0.200. The third-order valence-electron chi connectivity index (χ3n) is 5.83. The highest BCUT2D eigenvalue weighted by molar-refractivity contribution is 6.30. The lowest BCUT2D eigenvalue weighted by Crippen LogP contribution is -2.36. The van der Waals surface area contributed by atoms with Crippen molar-refractivity contribution >= 4 is 29.1 Å². The molecule has 7 heteroatoms. The molecule has 0 radical (unpaired) electrons. The molecule has 30 heavy (non-hydrogen) atoms. The van der Waals surface area contributed by atoms with E-state index in [4.69, 9.17) is 21.1 Å². The number of cyclic esters (lactones) is 1. The molecule has 0 N–H and O–H groups in total. The number of hydrogen-bond acceptors (Lipinski definition) is 4. The first-order chi connectivity index (χ1) is 14.5. The van der Waals surface area contributed by atoms with Gasteiger partial charge < -0.3 is 14.4 Å². The summed E-state index contributed by atoms with van der Waals surface area (Å²) in [5.41, 5.74) is 2.28. The average molecular weight is 433 g/mol. The standard InChI is InChI=1S/C23H26ClFN2O3/c1-16(17-3-5-18(24)6-4-17)2-8-20-15-27(23(28)30-20)19-7-9-22(21(25)14-19)26-10-12-29-13-11-26/h3-7,9,14,16,20H,2,8,10-13,15H2,1H3/t16-,20+/m1/s1. The number of hydrogen-bond donors (Lipinski definition) is 0. The molecular formula is C23H26ClFN2O3. The summed E-state index contributed by atoms with van der Waals surface area (Å²) in [6.45, 7) is 5.09. The number of carbonyl (C=O) groups excluding carboxylic acids is 1.